The summed E-state index contributed by atoms with van der Waals surface area (Å²) in [6, 6.07) is 2.65. The summed E-state index contributed by atoms with van der Waals surface area (Å²) in [6.07, 6.45) is 0.767. The monoisotopic (exact) mass is 318 g/mol. The minimum Gasteiger partial charge on any atom is -0.493 e. The van der Waals surface area contributed by atoms with Crippen LogP contribution in [0.15, 0.2) is 12.1 Å². The molecule has 8 heteroatoms. The van der Waals surface area contributed by atoms with Crippen LogP contribution in [0.2, 0.25) is 0 Å². The predicted octanol–water partition coefficient (Wildman–Crippen LogP) is 1.64. The lowest BCUT2D eigenvalue weighted by molar-refractivity contribution is -0.0526. The van der Waals surface area contributed by atoms with Gasteiger partial charge >= 0.3 is 6.61 Å². The Hall–Kier alpha value is -2.09. The quantitative estimate of drug-likeness (QED) is 0.678. The molecular weight excluding hydrogens is 298 g/mol. The van der Waals surface area contributed by atoms with Crippen molar-refractivity contribution in [2.45, 2.75) is 13.0 Å². The maximum absolute atomic E-state index is 12.4. The molecule has 0 aliphatic rings. The summed E-state index contributed by atoms with van der Waals surface area (Å²) in [7, 11) is 4.41. The fourth-order valence-corrected chi connectivity index (χ4v) is 1.79. The predicted molar refractivity (Wildman–Crippen MR) is 77.1 cm³/mol. The molecule has 6 nitrogen and oxygen atoms in total. The molecule has 0 aliphatic carbocycles. The number of carbonyl (C=O) groups excluding carboxylic acids is 1. The highest BCUT2D eigenvalue weighted by Crippen LogP contribution is 2.39. The number of ether oxygens (including phenoxy) is 3. The fourth-order valence-electron chi connectivity index (χ4n) is 1.79. The molecule has 0 spiro atoms. The SMILES string of the molecule is CNCCCNC(=O)c1cc(OC)c(OC(F)F)c(OC)c1. The molecule has 1 rings (SSSR count). The van der Waals surface area contributed by atoms with E-state index in [1.165, 1.54) is 26.4 Å². The lowest BCUT2D eigenvalue weighted by Gasteiger charge is -2.15. The number of hydrogen-bond acceptors (Lipinski definition) is 5. The van der Waals surface area contributed by atoms with E-state index in [4.69, 9.17) is 9.47 Å². The minimum atomic E-state index is -3.02. The summed E-state index contributed by atoms with van der Waals surface area (Å²) >= 11 is 0. The van der Waals surface area contributed by atoms with Crippen molar-refractivity contribution >= 4 is 5.91 Å². The number of amides is 1. The number of nitrogens with one attached hydrogen (secondary N) is 2. The Balaban J connectivity index is 2.94. The van der Waals surface area contributed by atoms with Crippen molar-refractivity contribution in [3.8, 4) is 17.2 Å². The van der Waals surface area contributed by atoms with Gasteiger partial charge in [0.15, 0.2) is 11.5 Å². The van der Waals surface area contributed by atoms with Crippen LogP contribution in [-0.2, 0) is 0 Å². The highest BCUT2D eigenvalue weighted by atomic mass is 19.3. The molecule has 2 N–H and O–H groups in total. The van der Waals surface area contributed by atoms with E-state index in [1.807, 2.05) is 7.05 Å². The van der Waals surface area contributed by atoms with Gasteiger partial charge in [-0.15, -0.1) is 0 Å². The van der Waals surface area contributed by atoms with Gasteiger partial charge in [0.2, 0.25) is 5.75 Å². The highest BCUT2D eigenvalue weighted by molar-refractivity contribution is 5.95. The third kappa shape index (κ3) is 5.03. The molecular formula is C14H20F2N2O4. The summed E-state index contributed by atoms with van der Waals surface area (Å²) in [4.78, 5) is 12.0. The van der Waals surface area contributed by atoms with Crippen LogP contribution in [0, 0.1) is 0 Å². The molecule has 0 saturated carbocycles. The van der Waals surface area contributed by atoms with Gasteiger partial charge in [-0.3, -0.25) is 4.79 Å². The first-order valence-electron chi connectivity index (χ1n) is 6.67. The van der Waals surface area contributed by atoms with E-state index in [-0.39, 0.29) is 28.7 Å². The molecule has 0 radical (unpaired) electrons. The van der Waals surface area contributed by atoms with E-state index in [2.05, 4.69) is 15.4 Å². The van der Waals surface area contributed by atoms with Gasteiger partial charge in [-0.05, 0) is 32.1 Å². The van der Waals surface area contributed by atoms with E-state index in [0.29, 0.717) is 6.54 Å². The van der Waals surface area contributed by atoms with Crippen molar-refractivity contribution < 1.29 is 27.8 Å². The first-order valence-corrected chi connectivity index (χ1v) is 6.67. The smallest absolute Gasteiger partial charge is 0.387 e. The summed E-state index contributed by atoms with van der Waals surface area (Å²) in [5.41, 5.74) is 0.236. The van der Waals surface area contributed by atoms with Crippen molar-refractivity contribution in [3.05, 3.63) is 17.7 Å². The van der Waals surface area contributed by atoms with Gasteiger partial charge in [0, 0.05) is 12.1 Å². The Kier molecular flexibility index (Phi) is 7.38. The Bertz CT molecular complexity index is 473. The molecule has 0 bridgehead atoms. The normalized spacial score (nSPS) is 10.5. The van der Waals surface area contributed by atoms with Crippen LogP contribution in [0.3, 0.4) is 0 Å². The first-order chi connectivity index (χ1) is 10.5. The molecule has 0 aliphatic heterocycles. The van der Waals surface area contributed by atoms with E-state index < -0.39 is 6.61 Å². The third-order valence-electron chi connectivity index (χ3n) is 2.82. The fraction of sp³-hybridized carbons (Fsp3) is 0.500. The van der Waals surface area contributed by atoms with E-state index >= 15 is 0 Å². The van der Waals surface area contributed by atoms with Crippen molar-refractivity contribution in [1.82, 2.24) is 10.6 Å². The largest absolute Gasteiger partial charge is 0.493 e. The number of methoxy groups -OCH3 is 2. The zero-order valence-electron chi connectivity index (χ0n) is 12.7. The minimum absolute atomic E-state index is 0.0000230. The Morgan fingerprint density at radius 1 is 1.18 bits per heavy atom. The van der Waals surface area contributed by atoms with Crippen LogP contribution in [-0.4, -0.2) is 46.9 Å². The maximum Gasteiger partial charge on any atom is 0.387 e. The molecule has 1 aromatic rings. The number of hydrogen-bond donors (Lipinski definition) is 2. The van der Waals surface area contributed by atoms with Crippen LogP contribution in [0.4, 0.5) is 8.78 Å². The second-order valence-electron chi connectivity index (χ2n) is 4.30. The van der Waals surface area contributed by atoms with Crippen LogP contribution < -0.4 is 24.8 Å². The number of halogens is 2. The van der Waals surface area contributed by atoms with Gasteiger partial charge in [-0.1, -0.05) is 0 Å². The zero-order chi connectivity index (χ0) is 16.5. The Morgan fingerprint density at radius 3 is 2.23 bits per heavy atom. The molecule has 0 aromatic heterocycles. The number of rotatable bonds is 9. The average Bonchev–Trinajstić information content (AvgIpc) is 2.50. The van der Waals surface area contributed by atoms with Crippen LogP contribution in [0.5, 0.6) is 17.2 Å². The lowest BCUT2D eigenvalue weighted by atomic mass is 10.1. The molecule has 0 atom stereocenters. The van der Waals surface area contributed by atoms with E-state index in [9.17, 15) is 13.6 Å². The van der Waals surface area contributed by atoms with Gasteiger partial charge in [-0.25, -0.2) is 0 Å². The first kappa shape index (κ1) is 18.0. The van der Waals surface area contributed by atoms with Crippen LogP contribution in [0.25, 0.3) is 0 Å². The molecule has 0 saturated heterocycles. The zero-order valence-corrected chi connectivity index (χ0v) is 12.7. The topological polar surface area (TPSA) is 68.8 Å². The summed E-state index contributed by atoms with van der Waals surface area (Å²) in [5.74, 6) is -0.594. The van der Waals surface area contributed by atoms with Crippen LogP contribution in [0.1, 0.15) is 16.8 Å². The van der Waals surface area contributed by atoms with E-state index in [0.717, 1.165) is 13.0 Å². The van der Waals surface area contributed by atoms with Gasteiger partial charge in [0.05, 0.1) is 14.2 Å². The van der Waals surface area contributed by atoms with Crippen molar-refractivity contribution in [1.29, 1.82) is 0 Å². The van der Waals surface area contributed by atoms with Gasteiger partial charge in [-0.2, -0.15) is 8.78 Å². The van der Waals surface area contributed by atoms with Crippen LogP contribution >= 0.6 is 0 Å². The van der Waals surface area contributed by atoms with Crippen molar-refractivity contribution in [2.24, 2.45) is 0 Å². The number of benzene rings is 1. The molecule has 0 unspecified atom stereocenters. The van der Waals surface area contributed by atoms with E-state index in [1.54, 1.807) is 0 Å². The molecule has 124 valence electrons. The van der Waals surface area contributed by atoms with Gasteiger partial charge in [0.1, 0.15) is 0 Å². The average molecular weight is 318 g/mol. The standard InChI is InChI=1S/C14H20F2N2O4/c1-17-5-4-6-18-13(19)9-7-10(20-2)12(22-14(15)16)11(8-9)21-3/h7-8,14,17H,4-6H2,1-3H3,(H,18,19). The third-order valence-corrected chi connectivity index (χ3v) is 2.82. The number of carbonyl (C=O) groups is 1. The molecule has 1 amide bonds. The molecule has 22 heavy (non-hydrogen) atoms. The Morgan fingerprint density at radius 2 is 1.77 bits per heavy atom. The molecule has 1 aromatic carbocycles. The number of alkyl halides is 2. The Labute approximate surface area is 127 Å². The van der Waals surface area contributed by atoms with Gasteiger partial charge < -0.3 is 24.8 Å². The molecule has 0 heterocycles. The lowest BCUT2D eigenvalue weighted by Crippen LogP contribution is -2.26. The molecule has 0 fully saturated rings. The second kappa shape index (κ2) is 9.04. The summed E-state index contributed by atoms with van der Waals surface area (Å²) < 4.78 is 39.2. The summed E-state index contributed by atoms with van der Waals surface area (Å²) in [6.45, 7) is -1.77. The summed E-state index contributed by atoms with van der Waals surface area (Å²) in [5, 5.41) is 5.68. The van der Waals surface area contributed by atoms with Crippen molar-refractivity contribution in [2.75, 3.05) is 34.4 Å². The van der Waals surface area contributed by atoms with Crippen molar-refractivity contribution in [3.63, 3.8) is 0 Å². The highest BCUT2D eigenvalue weighted by Gasteiger charge is 2.20. The van der Waals surface area contributed by atoms with Gasteiger partial charge in [0.25, 0.3) is 5.91 Å². The maximum atomic E-state index is 12.4. The second-order valence-corrected chi connectivity index (χ2v) is 4.30.